The van der Waals surface area contributed by atoms with Crippen molar-refractivity contribution in [3.05, 3.63) is 58.7 Å². The molecule has 0 aliphatic heterocycles. The van der Waals surface area contributed by atoms with Gasteiger partial charge in [0.2, 0.25) is 5.91 Å². The average Bonchev–Trinajstić information content (AvgIpc) is 2.67. The number of amides is 1. The lowest BCUT2D eigenvalue weighted by Crippen LogP contribution is -2.27. The summed E-state index contributed by atoms with van der Waals surface area (Å²) in [6, 6.07) is 10.9. The van der Waals surface area contributed by atoms with E-state index in [4.69, 9.17) is 9.47 Å². The minimum absolute atomic E-state index is 0.0213. The smallest absolute Gasteiger partial charge is 0.220 e. The zero-order chi connectivity index (χ0) is 20.0. The molecule has 1 amide bonds. The molecule has 27 heavy (non-hydrogen) atoms. The van der Waals surface area contributed by atoms with Crippen LogP contribution in [0.1, 0.15) is 52.9 Å². The molecule has 0 saturated carbocycles. The summed E-state index contributed by atoms with van der Waals surface area (Å²) in [4.78, 5) is 24.6. The van der Waals surface area contributed by atoms with Crippen LogP contribution in [0.2, 0.25) is 0 Å². The number of ether oxygens (including phenoxy) is 2. The fourth-order valence-corrected chi connectivity index (χ4v) is 2.81. The highest BCUT2D eigenvalue weighted by Gasteiger charge is 2.14. The second-order valence-electron chi connectivity index (χ2n) is 6.63. The summed E-state index contributed by atoms with van der Waals surface area (Å²) >= 11 is 0. The van der Waals surface area contributed by atoms with Crippen LogP contribution in [0.4, 0.5) is 0 Å². The van der Waals surface area contributed by atoms with Crippen LogP contribution >= 0.6 is 0 Å². The number of carbonyl (C=O) groups is 2. The van der Waals surface area contributed by atoms with E-state index >= 15 is 0 Å². The van der Waals surface area contributed by atoms with Crippen molar-refractivity contribution in [3.8, 4) is 11.5 Å². The Kier molecular flexibility index (Phi) is 6.99. The van der Waals surface area contributed by atoms with Gasteiger partial charge < -0.3 is 14.8 Å². The van der Waals surface area contributed by atoms with Crippen LogP contribution in [0.3, 0.4) is 0 Å². The van der Waals surface area contributed by atoms with Crippen LogP contribution in [0.25, 0.3) is 0 Å². The highest BCUT2D eigenvalue weighted by atomic mass is 16.5. The van der Waals surface area contributed by atoms with E-state index in [1.54, 1.807) is 20.3 Å². The Labute approximate surface area is 160 Å². The van der Waals surface area contributed by atoms with Gasteiger partial charge in [-0.25, -0.2) is 0 Å². The maximum Gasteiger partial charge on any atom is 0.220 e. The van der Waals surface area contributed by atoms with Crippen molar-refractivity contribution < 1.29 is 19.1 Å². The maximum absolute atomic E-state index is 12.3. The van der Waals surface area contributed by atoms with E-state index in [0.29, 0.717) is 17.1 Å². The van der Waals surface area contributed by atoms with E-state index in [1.807, 2.05) is 51.1 Å². The van der Waals surface area contributed by atoms with Gasteiger partial charge in [0.15, 0.2) is 17.3 Å². The molecule has 0 aromatic heterocycles. The number of methoxy groups -OCH3 is 2. The number of aryl methyl sites for hydroxylation is 2. The second kappa shape index (κ2) is 9.21. The third-order valence-electron chi connectivity index (χ3n) is 4.69. The van der Waals surface area contributed by atoms with Gasteiger partial charge in [-0.3, -0.25) is 9.59 Å². The summed E-state index contributed by atoms with van der Waals surface area (Å²) in [5.74, 6) is 1.07. The number of rotatable bonds is 8. The number of Topliss-reactive ketones (excluding diaryl/α,β-unsaturated/α-hetero) is 1. The molecule has 0 aliphatic carbocycles. The van der Waals surface area contributed by atoms with Gasteiger partial charge in [0.05, 0.1) is 20.3 Å². The van der Waals surface area contributed by atoms with Crippen LogP contribution < -0.4 is 14.8 Å². The molecule has 144 valence electrons. The molecule has 2 aromatic rings. The number of hydrogen-bond acceptors (Lipinski definition) is 4. The van der Waals surface area contributed by atoms with Crippen molar-refractivity contribution in [1.82, 2.24) is 5.32 Å². The van der Waals surface area contributed by atoms with Gasteiger partial charge in [0, 0.05) is 18.4 Å². The molecule has 5 heteroatoms. The largest absolute Gasteiger partial charge is 0.493 e. The van der Waals surface area contributed by atoms with Crippen molar-refractivity contribution in [2.24, 2.45) is 0 Å². The SMILES string of the molecule is COc1ccc(C(C)NC(=O)CCC(=O)c2ccc(C)c(C)c2)cc1OC. The monoisotopic (exact) mass is 369 g/mol. The van der Waals surface area contributed by atoms with Gasteiger partial charge in [-0.05, 0) is 55.7 Å². The highest BCUT2D eigenvalue weighted by molar-refractivity contribution is 5.98. The van der Waals surface area contributed by atoms with Gasteiger partial charge in [0.1, 0.15) is 0 Å². The van der Waals surface area contributed by atoms with Gasteiger partial charge in [-0.2, -0.15) is 0 Å². The molecule has 0 radical (unpaired) electrons. The molecule has 0 bridgehead atoms. The van der Waals surface area contributed by atoms with E-state index < -0.39 is 0 Å². The van der Waals surface area contributed by atoms with Crippen LogP contribution in [0.15, 0.2) is 36.4 Å². The number of carbonyl (C=O) groups excluding carboxylic acids is 2. The summed E-state index contributed by atoms with van der Waals surface area (Å²) in [6.45, 7) is 5.88. The van der Waals surface area contributed by atoms with Gasteiger partial charge in [0.25, 0.3) is 0 Å². The molecule has 0 heterocycles. The third-order valence-corrected chi connectivity index (χ3v) is 4.69. The lowest BCUT2D eigenvalue weighted by Gasteiger charge is -2.16. The van der Waals surface area contributed by atoms with E-state index in [2.05, 4.69) is 5.32 Å². The maximum atomic E-state index is 12.3. The van der Waals surface area contributed by atoms with Crippen molar-refractivity contribution in [2.75, 3.05) is 14.2 Å². The molecule has 1 atom stereocenters. The van der Waals surface area contributed by atoms with E-state index in [-0.39, 0.29) is 30.6 Å². The number of nitrogens with one attached hydrogen (secondary N) is 1. The van der Waals surface area contributed by atoms with E-state index in [1.165, 1.54) is 0 Å². The third kappa shape index (κ3) is 5.33. The van der Waals surface area contributed by atoms with Crippen LogP contribution in [0.5, 0.6) is 11.5 Å². The zero-order valence-corrected chi connectivity index (χ0v) is 16.6. The van der Waals surface area contributed by atoms with Gasteiger partial charge in [-0.15, -0.1) is 0 Å². The quantitative estimate of drug-likeness (QED) is 0.710. The van der Waals surface area contributed by atoms with Crippen LogP contribution in [0, 0.1) is 13.8 Å². The Morgan fingerprint density at radius 2 is 1.63 bits per heavy atom. The topological polar surface area (TPSA) is 64.6 Å². The Morgan fingerprint density at radius 1 is 0.926 bits per heavy atom. The van der Waals surface area contributed by atoms with Crippen molar-refractivity contribution in [1.29, 1.82) is 0 Å². The molecule has 0 aliphatic rings. The van der Waals surface area contributed by atoms with Crippen molar-refractivity contribution >= 4 is 11.7 Å². The minimum Gasteiger partial charge on any atom is -0.493 e. The molecule has 2 rings (SSSR count). The van der Waals surface area contributed by atoms with E-state index in [9.17, 15) is 9.59 Å². The molecule has 5 nitrogen and oxygen atoms in total. The molecule has 0 saturated heterocycles. The predicted octanol–water partition coefficient (Wildman–Crippen LogP) is 4.16. The first kappa shape index (κ1) is 20.5. The van der Waals surface area contributed by atoms with Gasteiger partial charge in [-0.1, -0.05) is 18.2 Å². The Hall–Kier alpha value is -2.82. The molecule has 1 unspecified atom stereocenters. The number of hydrogen-bond donors (Lipinski definition) is 1. The normalized spacial score (nSPS) is 11.6. The average molecular weight is 369 g/mol. The van der Waals surface area contributed by atoms with Crippen LogP contribution in [-0.4, -0.2) is 25.9 Å². The zero-order valence-electron chi connectivity index (χ0n) is 16.6. The molecule has 2 aromatic carbocycles. The summed E-state index contributed by atoms with van der Waals surface area (Å²) in [5, 5.41) is 2.92. The fraction of sp³-hybridized carbons (Fsp3) is 0.364. The second-order valence-corrected chi connectivity index (χ2v) is 6.63. The predicted molar refractivity (Wildman–Crippen MR) is 106 cm³/mol. The number of benzene rings is 2. The summed E-state index contributed by atoms with van der Waals surface area (Å²) in [6.07, 6.45) is 0.344. The molecule has 1 N–H and O–H groups in total. The first-order chi connectivity index (χ1) is 12.8. The lowest BCUT2D eigenvalue weighted by atomic mass is 10.0. The molecule has 0 spiro atoms. The molecule has 0 fully saturated rings. The van der Waals surface area contributed by atoms with Crippen molar-refractivity contribution in [3.63, 3.8) is 0 Å². The Balaban J connectivity index is 1.93. The number of ketones is 1. The summed E-state index contributed by atoms with van der Waals surface area (Å²) in [5.41, 5.74) is 3.78. The fourth-order valence-electron chi connectivity index (χ4n) is 2.81. The molecular formula is C22H27NO4. The summed E-state index contributed by atoms with van der Waals surface area (Å²) in [7, 11) is 3.15. The first-order valence-electron chi connectivity index (χ1n) is 8.97. The first-order valence-corrected chi connectivity index (χ1v) is 8.97. The Bertz CT molecular complexity index is 829. The minimum atomic E-state index is -0.200. The highest BCUT2D eigenvalue weighted by Crippen LogP contribution is 2.29. The van der Waals surface area contributed by atoms with Crippen molar-refractivity contribution in [2.45, 2.75) is 39.7 Å². The van der Waals surface area contributed by atoms with E-state index in [0.717, 1.165) is 16.7 Å². The summed E-state index contributed by atoms with van der Waals surface area (Å²) < 4.78 is 10.5. The lowest BCUT2D eigenvalue weighted by molar-refractivity contribution is -0.121. The molecular weight excluding hydrogens is 342 g/mol. The van der Waals surface area contributed by atoms with Gasteiger partial charge >= 0.3 is 0 Å². The standard InChI is InChI=1S/C22H27NO4/c1-14-6-7-18(12-15(14)2)19(24)9-11-22(25)23-16(3)17-8-10-20(26-4)21(13-17)27-5/h6-8,10,12-13,16H,9,11H2,1-5H3,(H,23,25). The Morgan fingerprint density at radius 3 is 2.26 bits per heavy atom. The van der Waals surface area contributed by atoms with Crippen LogP contribution in [-0.2, 0) is 4.79 Å².